The van der Waals surface area contributed by atoms with Gasteiger partial charge in [-0.05, 0) is 42.0 Å². The molecule has 2 aromatic carbocycles. The Hall–Kier alpha value is -4.64. The zero-order valence-corrected chi connectivity index (χ0v) is 21.3. The molecule has 0 aliphatic carbocycles. The van der Waals surface area contributed by atoms with Gasteiger partial charge in [-0.2, -0.15) is 4.98 Å². The second-order valence-electron chi connectivity index (χ2n) is 8.39. The fraction of sp³-hybridized carbons (Fsp3) is 0.192. The number of carbonyl (C=O) groups excluding carboxylic acids is 1. The number of nitrogens with one attached hydrogen (secondary N) is 2. The van der Waals surface area contributed by atoms with E-state index in [2.05, 4.69) is 15.3 Å². The van der Waals surface area contributed by atoms with E-state index in [0.29, 0.717) is 16.5 Å². The summed E-state index contributed by atoms with van der Waals surface area (Å²) in [5, 5.41) is 3.55. The first-order chi connectivity index (χ1) is 18.2. The van der Waals surface area contributed by atoms with Gasteiger partial charge in [0.05, 0.1) is 19.6 Å². The maximum atomic E-state index is 13.4. The summed E-state index contributed by atoms with van der Waals surface area (Å²) in [5.41, 5.74) is -0.388. The molecule has 38 heavy (non-hydrogen) atoms. The highest BCUT2D eigenvalue weighted by atomic mass is 35.5. The zero-order valence-electron chi connectivity index (χ0n) is 20.5. The minimum absolute atomic E-state index is 0.0120. The third kappa shape index (κ3) is 6.37. The number of nitrogens with zero attached hydrogens (tertiary/aromatic N) is 3. The lowest BCUT2D eigenvalue weighted by Crippen LogP contribution is -2.44. The minimum atomic E-state index is -0.811. The van der Waals surface area contributed by atoms with E-state index in [1.165, 1.54) is 30.0 Å². The number of carbonyl (C=O) groups is 1. The van der Waals surface area contributed by atoms with Gasteiger partial charge in [0.25, 0.3) is 0 Å². The van der Waals surface area contributed by atoms with E-state index in [-0.39, 0.29) is 30.3 Å². The molecule has 0 fully saturated rings. The quantitative estimate of drug-likeness (QED) is 0.311. The first-order valence-corrected chi connectivity index (χ1v) is 11.9. The molecule has 4 aromatic rings. The van der Waals surface area contributed by atoms with Crippen molar-refractivity contribution < 1.29 is 14.3 Å². The first-order valence-electron chi connectivity index (χ1n) is 11.5. The van der Waals surface area contributed by atoms with Crippen LogP contribution in [0.4, 0.5) is 11.6 Å². The van der Waals surface area contributed by atoms with E-state index in [0.717, 1.165) is 10.1 Å². The monoisotopic (exact) mass is 537 g/mol. The minimum Gasteiger partial charge on any atom is -0.469 e. The highest BCUT2D eigenvalue weighted by Crippen LogP contribution is 2.22. The van der Waals surface area contributed by atoms with Gasteiger partial charge in [0.2, 0.25) is 11.8 Å². The van der Waals surface area contributed by atoms with Crippen molar-refractivity contribution in [3.05, 3.63) is 109 Å². The maximum absolute atomic E-state index is 13.4. The molecule has 0 spiro atoms. The van der Waals surface area contributed by atoms with Crippen LogP contribution in [0.1, 0.15) is 12.5 Å². The third-order valence-corrected chi connectivity index (χ3v) is 5.80. The summed E-state index contributed by atoms with van der Waals surface area (Å²) < 4.78 is 12.6. The fourth-order valence-electron chi connectivity index (χ4n) is 3.59. The molecular formula is C26H24ClN5O6. The SMILES string of the molecule is COC(=O)[C@@H](C)Cn1c(=O)nc(Nc2ccc(Oc3cc(=O)cc[nH]3)cc2)n(Cc2ccc(Cl)cc2)c1=O. The number of aromatic amines is 1. The van der Waals surface area contributed by atoms with Gasteiger partial charge in [-0.3, -0.25) is 14.2 Å². The number of aromatic nitrogens is 4. The topological polar surface area (TPSA) is 137 Å². The molecule has 4 rings (SSSR count). The molecule has 0 radical (unpaired) electrons. The van der Waals surface area contributed by atoms with Gasteiger partial charge in [0.15, 0.2) is 5.43 Å². The van der Waals surface area contributed by atoms with Gasteiger partial charge in [0, 0.05) is 35.6 Å². The second kappa shape index (κ2) is 11.6. The normalized spacial score (nSPS) is 11.6. The van der Waals surface area contributed by atoms with Crippen molar-refractivity contribution in [1.82, 2.24) is 19.1 Å². The molecule has 196 valence electrons. The number of pyridine rings is 1. The summed E-state index contributed by atoms with van der Waals surface area (Å²) in [6.45, 7) is 1.45. The average Bonchev–Trinajstić information content (AvgIpc) is 2.90. The summed E-state index contributed by atoms with van der Waals surface area (Å²) >= 11 is 5.99. The standard InChI is InChI=1S/C26H24ClN5O6/c1-16(23(34)37-2)14-32-25(35)30-24(31(26(32)36)15-17-3-5-18(27)6-4-17)29-19-7-9-21(10-8-19)38-22-13-20(33)11-12-28-22/h3-13,16H,14-15H2,1-2H3,(H,28,33)(H,29,30,35)/t16-/m0/s1. The molecule has 2 aromatic heterocycles. The molecule has 11 nitrogen and oxygen atoms in total. The Balaban J connectivity index is 1.66. The van der Waals surface area contributed by atoms with Crippen LogP contribution in [0.2, 0.25) is 5.02 Å². The molecular weight excluding hydrogens is 514 g/mol. The Bertz CT molecular complexity index is 1610. The fourth-order valence-corrected chi connectivity index (χ4v) is 3.72. The van der Waals surface area contributed by atoms with Crippen molar-refractivity contribution >= 4 is 29.2 Å². The van der Waals surface area contributed by atoms with E-state index in [4.69, 9.17) is 21.1 Å². The summed E-state index contributed by atoms with van der Waals surface area (Å²) in [5.74, 6) is -0.540. The third-order valence-electron chi connectivity index (χ3n) is 5.55. The molecule has 0 unspecified atom stereocenters. The van der Waals surface area contributed by atoms with E-state index >= 15 is 0 Å². The second-order valence-corrected chi connectivity index (χ2v) is 8.82. The van der Waals surface area contributed by atoms with Crippen LogP contribution in [0.15, 0.2) is 81.2 Å². The highest BCUT2D eigenvalue weighted by Gasteiger charge is 2.20. The number of hydrogen-bond donors (Lipinski definition) is 2. The van der Waals surface area contributed by atoms with Crippen LogP contribution in [-0.4, -0.2) is 32.2 Å². The van der Waals surface area contributed by atoms with Gasteiger partial charge >= 0.3 is 17.3 Å². The lowest BCUT2D eigenvalue weighted by Gasteiger charge is -2.17. The van der Waals surface area contributed by atoms with E-state index in [1.54, 1.807) is 55.5 Å². The van der Waals surface area contributed by atoms with Crippen LogP contribution < -0.4 is 26.9 Å². The van der Waals surface area contributed by atoms with Crippen LogP contribution in [0.3, 0.4) is 0 Å². The van der Waals surface area contributed by atoms with Crippen LogP contribution >= 0.6 is 11.6 Å². The molecule has 0 amide bonds. The number of esters is 1. The maximum Gasteiger partial charge on any atom is 0.354 e. The molecule has 0 aliphatic rings. The Kier molecular flexibility index (Phi) is 8.07. The van der Waals surface area contributed by atoms with Gasteiger partial charge in [-0.1, -0.05) is 30.7 Å². The van der Waals surface area contributed by atoms with Crippen LogP contribution in [-0.2, 0) is 22.6 Å². The molecule has 2 N–H and O–H groups in total. The summed E-state index contributed by atoms with van der Waals surface area (Å²) in [6, 6.07) is 16.2. The van der Waals surface area contributed by atoms with Gasteiger partial charge in [-0.15, -0.1) is 0 Å². The first kappa shape index (κ1) is 26.4. The number of methoxy groups -OCH3 is 1. The lowest BCUT2D eigenvalue weighted by molar-refractivity contribution is -0.145. The molecule has 0 saturated carbocycles. The van der Waals surface area contributed by atoms with Crippen molar-refractivity contribution in [2.45, 2.75) is 20.0 Å². The molecule has 0 saturated heterocycles. The molecule has 0 bridgehead atoms. The number of H-pyrrole nitrogens is 1. The van der Waals surface area contributed by atoms with Crippen molar-refractivity contribution in [1.29, 1.82) is 0 Å². The van der Waals surface area contributed by atoms with Crippen molar-refractivity contribution in [2.75, 3.05) is 12.4 Å². The average molecular weight is 538 g/mol. The Morgan fingerprint density at radius 3 is 2.42 bits per heavy atom. The van der Waals surface area contributed by atoms with Crippen LogP contribution in [0, 0.1) is 5.92 Å². The predicted octanol–water partition coefficient (Wildman–Crippen LogP) is 3.14. The molecule has 12 heteroatoms. The van der Waals surface area contributed by atoms with Crippen molar-refractivity contribution in [3.8, 4) is 11.6 Å². The van der Waals surface area contributed by atoms with Crippen molar-refractivity contribution in [2.24, 2.45) is 5.92 Å². The Morgan fingerprint density at radius 2 is 1.76 bits per heavy atom. The highest BCUT2D eigenvalue weighted by molar-refractivity contribution is 6.30. The lowest BCUT2D eigenvalue weighted by atomic mass is 10.2. The van der Waals surface area contributed by atoms with Gasteiger partial charge in [-0.25, -0.2) is 14.2 Å². The number of hydrogen-bond acceptors (Lipinski definition) is 8. The molecule has 1 atom stereocenters. The summed E-state index contributed by atoms with van der Waals surface area (Å²) in [7, 11) is 1.24. The largest absolute Gasteiger partial charge is 0.469 e. The summed E-state index contributed by atoms with van der Waals surface area (Å²) in [6.07, 6.45) is 1.48. The van der Waals surface area contributed by atoms with Crippen molar-refractivity contribution in [3.63, 3.8) is 0 Å². The number of rotatable bonds is 9. The Labute approximate surface area is 221 Å². The van der Waals surface area contributed by atoms with Crippen LogP contribution in [0.25, 0.3) is 0 Å². The van der Waals surface area contributed by atoms with Crippen LogP contribution in [0.5, 0.6) is 11.6 Å². The van der Waals surface area contributed by atoms with E-state index in [1.807, 2.05) is 0 Å². The number of anilines is 2. The zero-order chi connectivity index (χ0) is 27.2. The molecule has 2 heterocycles. The number of ether oxygens (including phenoxy) is 2. The predicted molar refractivity (Wildman–Crippen MR) is 141 cm³/mol. The van der Waals surface area contributed by atoms with Gasteiger partial charge < -0.3 is 19.8 Å². The number of halogens is 1. The molecule has 0 aliphatic heterocycles. The van der Waals surface area contributed by atoms with E-state index < -0.39 is 23.3 Å². The van der Waals surface area contributed by atoms with E-state index in [9.17, 15) is 19.2 Å². The van der Waals surface area contributed by atoms with Gasteiger partial charge in [0.1, 0.15) is 5.75 Å². The Morgan fingerprint density at radius 1 is 1.05 bits per heavy atom. The number of benzene rings is 2. The summed E-state index contributed by atoms with van der Waals surface area (Å²) in [4.78, 5) is 56.5. The smallest absolute Gasteiger partial charge is 0.354 e.